The van der Waals surface area contributed by atoms with Gasteiger partial charge in [-0.05, 0) is 36.4 Å². The molecule has 0 radical (unpaired) electrons. The van der Waals surface area contributed by atoms with Crippen LogP contribution in [0.2, 0.25) is 0 Å². The number of H-pyrrole nitrogens is 1. The molecule has 0 saturated heterocycles. The largest absolute Gasteiger partial charge is 0.497 e. The first-order valence-corrected chi connectivity index (χ1v) is 7.10. The maximum atomic E-state index is 12.5. The van der Waals surface area contributed by atoms with E-state index in [1.807, 2.05) is 24.3 Å². The van der Waals surface area contributed by atoms with Crippen molar-refractivity contribution >= 4 is 5.78 Å². The van der Waals surface area contributed by atoms with Crippen molar-refractivity contribution in [2.45, 2.75) is 0 Å². The first-order valence-electron chi connectivity index (χ1n) is 7.10. The average Bonchev–Trinajstić information content (AvgIpc) is 3.11. The van der Waals surface area contributed by atoms with Crippen LogP contribution in [0.5, 0.6) is 11.5 Å². The first-order chi connectivity index (χ1) is 11.2. The van der Waals surface area contributed by atoms with Crippen LogP contribution in [0.4, 0.5) is 0 Å². The van der Waals surface area contributed by atoms with Crippen molar-refractivity contribution in [2.75, 3.05) is 14.2 Å². The lowest BCUT2D eigenvalue weighted by Gasteiger charge is -2.02. The molecule has 1 N–H and O–H groups in total. The number of methoxy groups -OCH3 is 2. The number of ether oxygens (including phenoxy) is 2. The fraction of sp³-hybridized carbons (Fsp3) is 0.111. The Labute approximate surface area is 133 Å². The minimum atomic E-state index is -0.177. The predicted molar refractivity (Wildman–Crippen MR) is 87.0 cm³/mol. The molecular formula is C18H16N2O3. The lowest BCUT2D eigenvalue weighted by atomic mass is 10.1. The third-order valence-electron chi connectivity index (χ3n) is 3.51. The molecule has 0 aliphatic carbocycles. The Hall–Kier alpha value is -3.08. The number of nitrogens with zero attached hydrogens (tertiary/aromatic N) is 1. The van der Waals surface area contributed by atoms with E-state index in [0.29, 0.717) is 22.8 Å². The highest BCUT2D eigenvalue weighted by molar-refractivity contribution is 6.07. The maximum absolute atomic E-state index is 12.5. The summed E-state index contributed by atoms with van der Waals surface area (Å²) in [5, 5.41) is 0. The molecule has 0 aliphatic heterocycles. The summed E-state index contributed by atoms with van der Waals surface area (Å²) in [4.78, 5) is 19.8. The maximum Gasteiger partial charge on any atom is 0.228 e. The molecule has 3 rings (SSSR count). The first kappa shape index (κ1) is 14.8. The monoisotopic (exact) mass is 308 g/mol. The summed E-state index contributed by atoms with van der Waals surface area (Å²) in [6, 6.07) is 14.5. The van der Waals surface area contributed by atoms with Crippen LogP contribution in [0.25, 0.3) is 11.3 Å². The van der Waals surface area contributed by atoms with Gasteiger partial charge in [0.15, 0.2) is 5.82 Å². The highest BCUT2D eigenvalue weighted by Crippen LogP contribution is 2.22. The van der Waals surface area contributed by atoms with Gasteiger partial charge in [-0.3, -0.25) is 4.79 Å². The molecule has 0 fully saturated rings. The van der Waals surface area contributed by atoms with Crippen LogP contribution in [-0.2, 0) is 0 Å². The number of hydrogen-bond donors (Lipinski definition) is 1. The van der Waals surface area contributed by atoms with E-state index in [0.717, 1.165) is 11.3 Å². The van der Waals surface area contributed by atoms with Crippen molar-refractivity contribution in [3.63, 3.8) is 0 Å². The SMILES string of the molecule is COc1ccc(-c2c[nH]c(C(=O)c3cccc(OC)c3)n2)cc1. The zero-order valence-electron chi connectivity index (χ0n) is 12.9. The van der Waals surface area contributed by atoms with Gasteiger partial charge in [0, 0.05) is 17.3 Å². The number of aromatic amines is 1. The molecule has 0 amide bonds. The molecule has 116 valence electrons. The Bertz CT molecular complexity index is 822. The van der Waals surface area contributed by atoms with Gasteiger partial charge in [-0.2, -0.15) is 0 Å². The average molecular weight is 308 g/mol. The second-order valence-corrected chi connectivity index (χ2v) is 4.92. The minimum absolute atomic E-state index is 0.177. The van der Waals surface area contributed by atoms with E-state index < -0.39 is 0 Å². The van der Waals surface area contributed by atoms with E-state index in [1.54, 1.807) is 44.7 Å². The molecule has 5 heteroatoms. The Morgan fingerprint density at radius 2 is 1.74 bits per heavy atom. The minimum Gasteiger partial charge on any atom is -0.497 e. The van der Waals surface area contributed by atoms with Crippen LogP contribution in [0.3, 0.4) is 0 Å². The van der Waals surface area contributed by atoms with E-state index >= 15 is 0 Å². The lowest BCUT2D eigenvalue weighted by molar-refractivity contribution is 0.103. The molecule has 0 bridgehead atoms. The van der Waals surface area contributed by atoms with Crippen LogP contribution in [-0.4, -0.2) is 30.0 Å². The molecule has 0 atom stereocenters. The quantitative estimate of drug-likeness (QED) is 0.734. The van der Waals surface area contributed by atoms with Gasteiger partial charge in [-0.15, -0.1) is 0 Å². The van der Waals surface area contributed by atoms with E-state index in [1.165, 1.54) is 0 Å². The summed E-state index contributed by atoms with van der Waals surface area (Å²) in [7, 11) is 3.19. The Morgan fingerprint density at radius 3 is 2.43 bits per heavy atom. The van der Waals surface area contributed by atoms with Crippen LogP contribution in [0.1, 0.15) is 16.2 Å². The molecule has 23 heavy (non-hydrogen) atoms. The van der Waals surface area contributed by atoms with E-state index in [-0.39, 0.29) is 5.78 Å². The van der Waals surface area contributed by atoms with E-state index in [2.05, 4.69) is 9.97 Å². The van der Waals surface area contributed by atoms with Gasteiger partial charge in [0.1, 0.15) is 11.5 Å². The van der Waals surface area contributed by atoms with Gasteiger partial charge in [0.25, 0.3) is 0 Å². The lowest BCUT2D eigenvalue weighted by Crippen LogP contribution is -2.03. The Balaban J connectivity index is 1.86. The summed E-state index contributed by atoms with van der Waals surface area (Å²) < 4.78 is 10.3. The van der Waals surface area contributed by atoms with Crippen LogP contribution in [0, 0.1) is 0 Å². The van der Waals surface area contributed by atoms with Gasteiger partial charge >= 0.3 is 0 Å². The van der Waals surface area contributed by atoms with Crippen molar-refractivity contribution in [3.8, 4) is 22.8 Å². The van der Waals surface area contributed by atoms with E-state index in [4.69, 9.17) is 9.47 Å². The number of rotatable bonds is 5. The van der Waals surface area contributed by atoms with Crippen molar-refractivity contribution in [2.24, 2.45) is 0 Å². The number of benzene rings is 2. The van der Waals surface area contributed by atoms with Crippen LogP contribution >= 0.6 is 0 Å². The molecule has 0 unspecified atom stereocenters. The van der Waals surface area contributed by atoms with Crippen molar-refractivity contribution in [1.82, 2.24) is 9.97 Å². The molecule has 2 aromatic carbocycles. The molecule has 5 nitrogen and oxygen atoms in total. The third kappa shape index (κ3) is 3.08. The highest BCUT2D eigenvalue weighted by atomic mass is 16.5. The van der Waals surface area contributed by atoms with Crippen LogP contribution < -0.4 is 9.47 Å². The number of ketones is 1. The predicted octanol–water partition coefficient (Wildman–Crippen LogP) is 3.32. The summed E-state index contributed by atoms with van der Waals surface area (Å²) in [5.74, 6) is 1.53. The zero-order chi connectivity index (χ0) is 16.2. The molecule has 1 heterocycles. The number of aromatic nitrogens is 2. The zero-order valence-corrected chi connectivity index (χ0v) is 12.9. The van der Waals surface area contributed by atoms with Gasteiger partial charge in [-0.25, -0.2) is 4.98 Å². The topological polar surface area (TPSA) is 64.2 Å². The number of carbonyl (C=O) groups excluding carboxylic acids is 1. The highest BCUT2D eigenvalue weighted by Gasteiger charge is 2.14. The third-order valence-corrected chi connectivity index (χ3v) is 3.51. The number of imidazole rings is 1. The Kier molecular flexibility index (Phi) is 4.10. The normalized spacial score (nSPS) is 10.3. The molecular weight excluding hydrogens is 292 g/mol. The van der Waals surface area contributed by atoms with Gasteiger partial charge in [0.2, 0.25) is 5.78 Å². The molecule has 0 spiro atoms. The van der Waals surface area contributed by atoms with E-state index in [9.17, 15) is 4.79 Å². The second-order valence-electron chi connectivity index (χ2n) is 4.92. The van der Waals surface area contributed by atoms with Crippen molar-refractivity contribution < 1.29 is 14.3 Å². The number of hydrogen-bond acceptors (Lipinski definition) is 4. The van der Waals surface area contributed by atoms with Gasteiger partial charge < -0.3 is 14.5 Å². The van der Waals surface area contributed by atoms with Crippen LogP contribution in [0.15, 0.2) is 54.7 Å². The Morgan fingerprint density at radius 1 is 1.00 bits per heavy atom. The second kappa shape index (κ2) is 6.36. The molecule has 1 aromatic heterocycles. The summed E-state index contributed by atoms with van der Waals surface area (Å²) in [6.45, 7) is 0. The summed E-state index contributed by atoms with van der Waals surface area (Å²) in [6.07, 6.45) is 1.72. The van der Waals surface area contributed by atoms with Crippen molar-refractivity contribution in [3.05, 3.63) is 66.1 Å². The summed E-state index contributed by atoms with van der Waals surface area (Å²) >= 11 is 0. The summed E-state index contributed by atoms with van der Waals surface area (Å²) in [5.41, 5.74) is 2.14. The standard InChI is InChI=1S/C18H16N2O3/c1-22-14-8-6-12(7-9-14)16-11-19-18(20-16)17(21)13-4-3-5-15(10-13)23-2/h3-11H,1-2H3,(H,19,20). The smallest absolute Gasteiger partial charge is 0.228 e. The fourth-order valence-electron chi connectivity index (χ4n) is 2.25. The molecule has 3 aromatic rings. The fourth-order valence-corrected chi connectivity index (χ4v) is 2.25. The molecule has 0 saturated carbocycles. The van der Waals surface area contributed by atoms with Crippen molar-refractivity contribution in [1.29, 1.82) is 0 Å². The van der Waals surface area contributed by atoms with Gasteiger partial charge in [0.05, 0.1) is 19.9 Å². The van der Waals surface area contributed by atoms with Gasteiger partial charge in [-0.1, -0.05) is 12.1 Å². The molecule has 0 aliphatic rings. The number of carbonyl (C=O) groups is 1. The number of nitrogens with one attached hydrogen (secondary N) is 1.